The monoisotopic (exact) mass is 430 g/mol. The van der Waals surface area contributed by atoms with Crippen molar-refractivity contribution in [3.05, 3.63) is 50.7 Å². The van der Waals surface area contributed by atoms with Gasteiger partial charge in [0.15, 0.2) is 16.3 Å². The largest absolute Gasteiger partial charge is 0.497 e. The Morgan fingerprint density at radius 1 is 1.03 bits per heavy atom. The quantitative estimate of drug-likeness (QED) is 0.364. The third-order valence-corrected chi connectivity index (χ3v) is 6.39. The molecule has 7 nitrogen and oxygen atoms in total. The number of ether oxygens (including phenoxy) is 1. The molecule has 0 aliphatic rings. The Labute approximate surface area is 180 Å². The van der Waals surface area contributed by atoms with E-state index in [-0.39, 0.29) is 11.2 Å². The molecule has 162 valence electrons. The van der Waals surface area contributed by atoms with Gasteiger partial charge >= 0.3 is 5.69 Å². The molecular formula is C22H30N4O3S. The second kappa shape index (κ2) is 10.0. The van der Waals surface area contributed by atoms with Crippen LogP contribution in [0.4, 0.5) is 0 Å². The van der Waals surface area contributed by atoms with Crippen molar-refractivity contribution in [1.29, 1.82) is 0 Å². The molecule has 0 saturated carbocycles. The normalized spacial score (nSPS) is 11.3. The highest BCUT2D eigenvalue weighted by Crippen LogP contribution is 2.24. The van der Waals surface area contributed by atoms with Gasteiger partial charge in [-0.25, -0.2) is 9.78 Å². The molecule has 1 aromatic carbocycles. The molecule has 2 heterocycles. The van der Waals surface area contributed by atoms with E-state index in [9.17, 15) is 9.59 Å². The van der Waals surface area contributed by atoms with Gasteiger partial charge < -0.3 is 9.30 Å². The van der Waals surface area contributed by atoms with Gasteiger partial charge in [-0.3, -0.25) is 13.9 Å². The van der Waals surface area contributed by atoms with Crippen LogP contribution in [0.15, 0.2) is 39.0 Å². The minimum atomic E-state index is -0.355. The molecule has 0 radical (unpaired) electrons. The summed E-state index contributed by atoms with van der Waals surface area (Å²) in [5.74, 6) is 1.76. The molecule has 0 spiro atoms. The average molecular weight is 431 g/mol. The highest BCUT2D eigenvalue weighted by Gasteiger charge is 2.19. The van der Waals surface area contributed by atoms with Crippen LogP contribution >= 0.6 is 11.8 Å². The van der Waals surface area contributed by atoms with Crippen molar-refractivity contribution in [1.82, 2.24) is 18.7 Å². The van der Waals surface area contributed by atoms with Crippen molar-refractivity contribution < 1.29 is 4.74 Å². The first-order valence-corrected chi connectivity index (χ1v) is 11.4. The van der Waals surface area contributed by atoms with Gasteiger partial charge in [0.25, 0.3) is 5.56 Å². The Morgan fingerprint density at radius 2 is 1.77 bits per heavy atom. The summed E-state index contributed by atoms with van der Waals surface area (Å²) in [6, 6.07) is 7.94. The average Bonchev–Trinajstić information content (AvgIpc) is 3.13. The topological polar surface area (TPSA) is 71.0 Å². The van der Waals surface area contributed by atoms with Gasteiger partial charge in [0.05, 0.1) is 7.11 Å². The standard InChI is InChI=1S/C22H30N4O3S/c1-5-6-7-8-15-30-21-23-19-18(20(27)25(3)22(28)24(19)2)26(21)14-13-16-9-11-17(29-4)12-10-16/h9-12H,5-8,13-15H2,1-4H3. The minimum absolute atomic E-state index is 0.298. The Bertz CT molecular complexity index is 1110. The van der Waals surface area contributed by atoms with Crippen molar-refractivity contribution in [3.63, 3.8) is 0 Å². The zero-order valence-corrected chi connectivity index (χ0v) is 19.0. The van der Waals surface area contributed by atoms with Crippen LogP contribution in [0.25, 0.3) is 11.2 Å². The summed E-state index contributed by atoms with van der Waals surface area (Å²) in [5.41, 5.74) is 1.44. The van der Waals surface area contributed by atoms with Crippen LogP contribution in [-0.4, -0.2) is 31.5 Å². The fraction of sp³-hybridized carbons (Fsp3) is 0.500. The van der Waals surface area contributed by atoms with Crippen molar-refractivity contribution >= 4 is 22.9 Å². The maximum Gasteiger partial charge on any atom is 0.332 e. The molecule has 0 atom stereocenters. The number of hydrogen-bond acceptors (Lipinski definition) is 5. The second-order valence-corrected chi connectivity index (χ2v) is 8.49. The van der Waals surface area contributed by atoms with E-state index in [0.29, 0.717) is 17.7 Å². The molecule has 30 heavy (non-hydrogen) atoms. The summed E-state index contributed by atoms with van der Waals surface area (Å²) in [6.07, 6.45) is 5.48. The zero-order chi connectivity index (χ0) is 21.7. The molecule has 0 unspecified atom stereocenters. The van der Waals surface area contributed by atoms with Crippen molar-refractivity contribution in [3.8, 4) is 5.75 Å². The fourth-order valence-electron chi connectivity index (χ4n) is 3.47. The first-order valence-electron chi connectivity index (χ1n) is 10.4. The summed E-state index contributed by atoms with van der Waals surface area (Å²) in [7, 11) is 4.83. The molecule has 0 aliphatic heterocycles. The fourth-order valence-corrected chi connectivity index (χ4v) is 4.49. The number of aromatic nitrogens is 4. The second-order valence-electron chi connectivity index (χ2n) is 7.43. The van der Waals surface area contributed by atoms with Gasteiger partial charge in [-0.15, -0.1) is 0 Å². The van der Waals surface area contributed by atoms with Crippen molar-refractivity contribution in [2.24, 2.45) is 14.1 Å². The number of aryl methyl sites for hydroxylation is 3. The van der Waals surface area contributed by atoms with Gasteiger partial charge in [0, 0.05) is 26.4 Å². The van der Waals surface area contributed by atoms with E-state index < -0.39 is 0 Å². The van der Waals surface area contributed by atoms with Crippen LogP contribution < -0.4 is 16.0 Å². The number of rotatable bonds is 10. The van der Waals surface area contributed by atoms with Crippen molar-refractivity contribution in [2.45, 2.75) is 50.7 Å². The summed E-state index contributed by atoms with van der Waals surface area (Å²) in [4.78, 5) is 30.0. The number of thioether (sulfide) groups is 1. The molecule has 3 aromatic rings. The minimum Gasteiger partial charge on any atom is -0.497 e. The van der Waals surface area contributed by atoms with E-state index in [0.717, 1.165) is 39.6 Å². The van der Waals surface area contributed by atoms with Gasteiger partial charge in [-0.2, -0.15) is 0 Å². The number of unbranched alkanes of at least 4 members (excludes halogenated alkanes) is 3. The smallest absolute Gasteiger partial charge is 0.332 e. The zero-order valence-electron chi connectivity index (χ0n) is 18.2. The number of hydrogen-bond donors (Lipinski definition) is 0. The molecule has 0 bridgehead atoms. The first-order chi connectivity index (χ1) is 14.5. The Hall–Kier alpha value is -2.48. The summed E-state index contributed by atoms with van der Waals surface area (Å²) in [5, 5.41) is 0.799. The van der Waals surface area contributed by atoms with E-state index in [2.05, 4.69) is 11.9 Å². The summed E-state index contributed by atoms with van der Waals surface area (Å²) >= 11 is 1.66. The van der Waals surface area contributed by atoms with E-state index in [4.69, 9.17) is 4.74 Å². The van der Waals surface area contributed by atoms with Crippen LogP contribution in [-0.2, 0) is 27.1 Å². The molecule has 0 N–H and O–H groups in total. The third kappa shape index (κ3) is 4.64. The molecule has 8 heteroatoms. The number of imidazole rings is 1. The van der Waals surface area contributed by atoms with Crippen LogP contribution in [0.2, 0.25) is 0 Å². The molecule has 2 aromatic heterocycles. The van der Waals surface area contributed by atoms with Crippen LogP contribution in [0, 0.1) is 0 Å². The Kier molecular flexibility index (Phi) is 7.42. The molecular weight excluding hydrogens is 400 g/mol. The lowest BCUT2D eigenvalue weighted by molar-refractivity contribution is 0.414. The van der Waals surface area contributed by atoms with Crippen LogP contribution in [0.1, 0.15) is 38.2 Å². The number of benzene rings is 1. The predicted molar refractivity (Wildman–Crippen MR) is 122 cm³/mol. The van der Waals surface area contributed by atoms with Gasteiger partial charge in [-0.1, -0.05) is 50.1 Å². The van der Waals surface area contributed by atoms with Crippen molar-refractivity contribution in [2.75, 3.05) is 12.9 Å². The summed E-state index contributed by atoms with van der Waals surface area (Å²) < 4.78 is 9.82. The molecule has 3 rings (SSSR count). The predicted octanol–water partition coefficient (Wildman–Crippen LogP) is 3.36. The van der Waals surface area contributed by atoms with Crippen LogP contribution in [0.5, 0.6) is 5.75 Å². The Balaban J connectivity index is 1.94. The number of fused-ring (bicyclic) bond motifs is 1. The van der Waals surface area contributed by atoms with Gasteiger partial charge in [-0.05, 0) is 30.5 Å². The lowest BCUT2D eigenvalue weighted by atomic mass is 10.1. The van der Waals surface area contributed by atoms with Gasteiger partial charge in [0.2, 0.25) is 0 Å². The lowest BCUT2D eigenvalue weighted by Gasteiger charge is -2.10. The first kappa shape index (κ1) is 22.2. The van der Waals surface area contributed by atoms with Gasteiger partial charge in [0.1, 0.15) is 5.75 Å². The maximum absolute atomic E-state index is 12.9. The molecule has 0 fully saturated rings. The molecule has 0 saturated heterocycles. The van der Waals surface area contributed by atoms with E-state index >= 15 is 0 Å². The Morgan fingerprint density at radius 3 is 2.43 bits per heavy atom. The molecule has 0 amide bonds. The van der Waals surface area contributed by atoms with E-state index in [1.54, 1.807) is 25.9 Å². The van der Waals surface area contributed by atoms with Crippen LogP contribution in [0.3, 0.4) is 0 Å². The maximum atomic E-state index is 12.9. The number of methoxy groups -OCH3 is 1. The highest BCUT2D eigenvalue weighted by molar-refractivity contribution is 7.99. The lowest BCUT2D eigenvalue weighted by Crippen LogP contribution is -2.37. The molecule has 0 aliphatic carbocycles. The van der Waals surface area contributed by atoms with E-state index in [1.807, 2.05) is 28.8 Å². The highest BCUT2D eigenvalue weighted by atomic mass is 32.2. The summed E-state index contributed by atoms with van der Waals surface area (Å²) in [6.45, 7) is 2.82. The number of nitrogens with zero attached hydrogens (tertiary/aromatic N) is 4. The SMILES string of the molecule is CCCCCCSc1nc2c(c(=O)n(C)c(=O)n2C)n1CCc1ccc(OC)cc1. The van der Waals surface area contributed by atoms with E-state index in [1.165, 1.54) is 30.9 Å². The third-order valence-electron chi connectivity index (χ3n) is 5.33.